The molecular formula is C13H13NO3. The second-order valence-electron chi connectivity index (χ2n) is 3.90. The second-order valence-corrected chi connectivity index (χ2v) is 3.90. The number of nitrogen functional groups attached to an aromatic ring is 1. The standard InChI is InChI=1S/C13H13NO3/c14-10-3-1-2-9(8-10)11-4-5-12(17-11)13-15-6-7-16-13/h1-5,8,13H,6-7,14H2. The molecule has 1 aliphatic rings. The smallest absolute Gasteiger partial charge is 0.217 e. The molecule has 2 aromatic rings. The molecular weight excluding hydrogens is 218 g/mol. The molecule has 17 heavy (non-hydrogen) atoms. The molecule has 4 heteroatoms. The second kappa shape index (κ2) is 4.24. The molecule has 0 atom stereocenters. The van der Waals surface area contributed by atoms with E-state index < -0.39 is 0 Å². The van der Waals surface area contributed by atoms with E-state index in [-0.39, 0.29) is 6.29 Å². The van der Waals surface area contributed by atoms with E-state index in [0.29, 0.717) is 24.7 Å². The third-order valence-corrected chi connectivity index (χ3v) is 2.65. The number of furan rings is 1. The number of rotatable bonds is 2. The van der Waals surface area contributed by atoms with Crippen LogP contribution < -0.4 is 5.73 Å². The van der Waals surface area contributed by atoms with Crippen LogP contribution in [0.3, 0.4) is 0 Å². The van der Waals surface area contributed by atoms with Crippen LogP contribution in [0.4, 0.5) is 5.69 Å². The summed E-state index contributed by atoms with van der Waals surface area (Å²) >= 11 is 0. The van der Waals surface area contributed by atoms with Crippen LogP contribution in [0.15, 0.2) is 40.8 Å². The summed E-state index contributed by atoms with van der Waals surface area (Å²) in [6.07, 6.45) is -0.371. The Morgan fingerprint density at radius 2 is 1.88 bits per heavy atom. The zero-order valence-electron chi connectivity index (χ0n) is 9.26. The Hall–Kier alpha value is -1.78. The summed E-state index contributed by atoms with van der Waals surface area (Å²) in [4.78, 5) is 0. The molecule has 0 saturated carbocycles. The minimum atomic E-state index is -0.371. The fraction of sp³-hybridized carbons (Fsp3) is 0.231. The molecule has 0 radical (unpaired) electrons. The average Bonchev–Trinajstić information content (AvgIpc) is 3.00. The van der Waals surface area contributed by atoms with Crippen LogP contribution in [-0.4, -0.2) is 13.2 Å². The number of hydrogen-bond donors (Lipinski definition) is 1. The largest absolute Gasteiger partial charge is 0.456 e. The van der Waals surface area contributed by atoms with Crippen molar-refractivity contribution in [3.63, 3.8) is 0 Å². The molecule has 0 spiro atoms. The summed E-state index contributed by atoms with van der Waals surface area (Å²) < 4.78 is 16.4. The number of ether oxygens (including phenoxy) is 2. The molecule has 1 fully saturated rings. The number of hydrogen-bond acceptors (Lipinski definition) is 4. The zero-order chi connectivity index (χ0) is 11.7. The molecule has 1 saturated heterocycles. The van der Waals surface area contributed by atoms with Gasteiger partial charge in [0.05, 0.1) is 13.2 Å². The summed E-state index contributed by atoms with van der Waals surface area (Å²) in [6.45, 7) is 1.22. The van der Waals surface area contributed by atoms with Gasteiger partial charge in [-0.15, -0.1) is 0 Å². The van der Waals surface area contributed by atoms with E-state index >= 15 is 0 Å². The van der Waals surface area contributed by atoms with Crippen LogP contribution in [-0.2, 0) is 9.47 Å². The first-order valence-electron chi connectivity index (χ1n) is 5.52. The van der Waals surface area contributed by atoms with Gasteiger partial charge < -0.3 is 19.6 Å². The predicted molar refractivity (Wildman–Crippen MR) is 63.2 cm³/mol. The topological polar surface area (TPSA) is 57.6 Å². The van der Waals surface area contributed by atoms with E-state index in [4.69, 9.17) is 19.6 Å². The first-order valence-corrected chi connectivity index (χ1v) is 5.52. The molecule has 1 aliphatic heterocycles. The fourth-order valence-electron chi connectivity index (χ4n) is 1.85. The van der Waals surface area contributed by atoms with Gasteiger partial charge in [0.1, 0.15) is 5.76 Å². The van der Waals surface area contributed by atoms with E-state index in [1.54, 1.807) is 0 Å². The van der Waals surface area contributed by atoms with Crippen molar-refractivity contribution in [3.05, 3.63) is 42.2 Å². The fourth-order valence-corrected chi connectivity index (χ4v) is 1.85. The van der Waals surface area contributed by atoms with E-state index in [0.717, 1.165) is 11.3 Å². The van der Waals surface area contributed by atoms with Gasteiger partial charge in [0, 0.05) is 11.3 Å². The Labute approximate surface area is 98.9 Å². The molecule has 3 rings (SSSR count). The van der Waals surface area contributed by atoms with Crippen molar-refractivity contribution in [1.82, 2.24) is 0 Å². The molecule has 0 unspecified atom stereocenters. The number of benzene rings is 1. The molecule has 2 heterocycles. The van der Waals surface area contributed by atoms with Crippen molar-refractivity contribution in [2.24, 2.45) is 0 Å². The number of anilines is 1. The van der Waals surface area contributed by atoms with Crippen molar-refractivity contribution in [2.75, 3.05) is 18.9 Å². The summed E-state index contributed by atoms with van der Waals surface area (Å²) in [6, 6.07) is 11.3. The predicted octanol–water partition coefficient (Wildman–Crippen LogP) is 2.57. The zero-order valence-corrected chi connectivity index (χ0v) is 9.26. The quantitative estimate of drug-likeness (QED) is 0.807. The first-order chi connectivity index (χ1) is 8.33. The lowest BCUT2D eigenvalue weighted by Crippen LogP contribution is -1.94. The Morgan fingerprint density at radius 3 is 2.65 bits per heavy atom. The van der Waals surface area contributed by atoms with Gasteiger partial charge in [0.2, 0.25) is 6.29 Å². The minimum absolute atomic E-state index is 0.371. The van der Waals surface area contributed by atoms with Gasteiger partial charge >= 0.3 is 0 Å². The maximum Gasteiger partial charge on any atom is 0.217 e. The van der Waals surface area contributed by atoms with Crippen LogP contribution in [0.25, 0.3) is 11.3 Å². The van der Waals surface area contributed by atoms with Crippen molar-refractivity contribution < 1.29 is 13.9 Å². The third-order valence-electron chi connectivity index (χ3n) is 2.65. The molecule has 1 aromatic heterocycles. The van der Waals surface area contributed by atoms with Gasteiger partial charge in [0.25, 0.3) is 0 Å². The van der Waals surface area contributed by atoms with Gasteiger partial charge in [-0.2, -0.15) is 0 Å². The highest BCUT2D eigenvalue weighted by atomic mass is 16.7. The summed E-state index contributed by atoms with van der Waals surface area (Å²) in [5.74, 6) is 1.46. The van der Waals surface area contributed by atoms with Crippen molar-refractivity contribution in [1.29, 1.82) is 0 Å². The lowest BCUT2D eigenvalue weighted by atomic mass is 10.1. The molecule has 1 aromatic carbocycles. The highest BCUT2D eigenvalue weighted by molar-refractivity contribution is 5.62. The van der Waals surface area contributed by atoms with Gasteiger partial charge in [0.15, 0.2) is 5.76 Å². The van der Waals surface area contributed by atoms with E-state index in [9.17, 15) is 0 Å². The molecule has 2 N–H and O–H groups in total. The van der Waals surface area contributed by atoms with Crippen molar-refractivity contribution in [3.8, 4) is 11.3 Å². The molecule has 0 bridgehead atoms. The Morgan fingerprint density at radius 1 is 1.06 bits per heavy atom. The van der Waals surface area contributed by atoms with Crippen LogP contribution in [0.2, 0.25) is 0 Å². The monoisotopic (exact) mass is 231 g/mol. The van der Waals surface area contributed by atoms with Crippen LogP contribution in [0.1, 0.15) is 12.1 Å². The Kier molecular flexibility index (Phi) is 2.59. The highest BCUT2D eigenvalue weighted by Crippen LogP contribution is 2.30. The van der Waals surface area contributed by atoms with Crippen LogP contribution >= 0.6 is 0 Å². The molecule has 0 amide bonds. The normalized spacial score (nSPS) is 16.5. The van der Waals surface area contributed by atoms with Gasteiger partial charge in [-0.25, -0.2) is 0 Å². The molecule has 88 valence electrons. The van der Waals surface area contributed by atoms with Gasteiger partial charge in [-0.05, 0) is 24.3 Å². The lowest BCUT2D eigenvalue weighted by Gasteiger charge is -2.04. The minimum Gasteiger partial charge on any atom is -0.456 e. The van der Waals surface area contributed by atoms with Gasteiger partial charge in [-0.1, -0.05) is 12.1 Å². The summed E-state index contributed by atoms with van der Waals surface area (Å²) in [5.41, 5.74) is 7.40. The molecule has 4 nitrogen and oxygen atoms in total. The van der Waals surface area contributed by atoms with Gasteiger partial charge in [-0.3, -0.25) is 0 Å². The lowest BCUT2D eigenvalue weighted by molar-refractivity contribution is -0.0585. The summed E-state index contributed by atoms with van der Waals surface area (Å²) in [7, 11) is 0. The average molecular weight is 231 g/mol. The SMILES string of the molecule is Nc1cccc(-c2ccc(C3OCCO3)o2)c1. The Balaban J connectivity index is 1.89. The maximum atomic E-state index is 5.73. The van der Waals surface area contributed by atoms with E-state index in [1.807, 2.05) is 36.4 Å². The first kappa shape index (κ1) is 10.4. The number of nitrogens with two attached hydrogens (primary N) is 1. The van der Waals surface area contributed by atoms with Crippen LogP contribution in [0.5, 0.6) is 0 Å². The van der Waals surface area contributed by atoms with Crippen LogP contribution in [0, 0.1) is 0 Å². The molecule has 0 aliphatic carbocycles. The third kappa shape index (κ3) is 2.05. The van der Waals surface area contributed by atoms with Crippen molar-refractivity contribution in [2.45, 2.75) is 6.29 Å². The maximum absolute atomic E-state index is 5.73. The highest BCUT2D eigenvalue weighted by Gasteiger charge is 2.21. The summed E-state index contributed by atoms with van der Waals surface area (Å²) in [5, 5.41) is 0. The Bertz CT molecular complexity index is 515. The van der Waals surface area contributed by atoms with E-state index in [2.05, 4.69) is 0 Å². The van der Waals surface area contributed by atoms with Crippen molar-refractivity contribution >= 4 is 5.69 Å². The van der Waals surface area contributed by atoms with E-state index in [1.165, 1.54) is 0 Å².